The summed E-state index contributed by atoms with van der Waals surface area (Å²) >= 11 is 6.00. The molecule has 0 aliphatic rings. The van der Waals surface area contributed by atoms with Crippen molar-refractivity contribution in [2.24, 2.45) is 11.3 Å². The summed E-state index contributed by atoms with van der Waals surface area (Å²) in [5, 5.41) is 1.73. The third-order valence-electron chi connectivity index (χ3n) is 2.71. The maximum Gasteiger partial charge on any atom is 0.0721 e. The Bertz CT molecular complexity index is 573. The van der Waals surface area contributed by atoms with Gasteiger partial charge in [-0.05, 0) is 30.0 Å². The zero-order valence-electron chi connectivity index (χ0n) is 10.9. The fourth-order valence-electron chi connectivity index (χ4n) is 1.94. The second-order valence-corrected chi connectivity index (χ2v) is 6.14. The topological polar surface area (TPSA) is 50.9 Å². The Morgan fingerprint density at radius 1 is 1.28 bits per heavy atom. The van der Waals surface area contributed by atoms with Gasteiger partial charge in [-0.15, -0.1) is 0 Å². The first-order valence-corrected chi connectivity index (χ1v) is 6.33. The number of nitrogen functional groups attached to an aromatic ring is 1. The fraction of sp³-hybridized carbons (Fsp3) is 0.357. The van der Waals surface area contributed by atoms with E-state index in [1.165, 1.54) is 0 Å². The molecule has 2 rings (SSSR count). The number of nitrogens with one attached hydrogen (secondary N) is 1. The van der Waals surface area contributed by atoms with Gasteiger partial charge in [0.2, 0.25) is 0 Å². The van der Waals surface area contributed by atoms with E-state index in [9.17, 15) is 0 Å². The van der Waals surface area contributed by atoms with Crippen molar-refractivity contribution < 1.29 is 0 Å². The second kappa shape index (κ2) is 4.75. The number of aromatic nitrogens is 1. The van der Waals surface area contributed by atoms with Crippen LogP contribution in [-0.4, -0.2) is 4.98 Å². The van der Waals surface area contributed by atoms with Gasteiger partial charge in [0.05, 0.1) is 16.9 Å². The number of rotatable bonds is 2. The van der Waals surface area contributed by atoms with Crippen LogP contribution in [0.25, 0.3) is 10.9 Å². The first kappa shape index (κ1) is 13.1. The molecule has 3 N–H and O–H groups in total. The molecular formula is C14H18ClN3. The Morgan fingerprint density at radius 3 is 2.61 bits per heavy atom. The van der Waals surface area contributed by atoms with Crippen molar-refractivity contribution in [2.75, 3.05) is 5.43 Å². The summed E-state index contributed by atoms with van der Waals surface area (Å²) in [5.41, 5.74) is 5.64. The van der Waals surface area contributed by atoms with Crippen LogP contribution in [0.5, 0.6) is 0 Å². The Balaban J connectivity index is 2.56. The van der Waals surface area contributed by atoms with E-state index in [0.29, 0.717) is 5.02 Å². The number of benzene rings is 1. The van der Waals surface area contributed by atoms with Crippen molar-refractivity contribution >= 4 is 28.2 Å². The molecule has 1 heterocycles. The lowest BCUT2D eigenvalue weighted by molar-refractivity contribution is 0.407. The largest absolute Gasteiger partial charge is 0.322 e. The van der Waals surface area contributed by atoms with Gasteiger partial charge in [-0.2, -0.15) is 0 Å². The van der Waals surface area contributed by atoms with Crippen LogP contribution in [0.1, 0.15) is 26.5 Å². The molecule has 0 fully saturated rings. The summed E-state index contributed by atoms with van der Waals surface area (Å²) in [6, 6.07) is 7.70. The van der Waals surface area contributed by atoms with Crippen LogP contribution in [0, 0.1) is 5.41 Å². The Hall–Kier alpha value is -1.32. The van der Waals surface area contributed by atoms with Crippen molar-refractivity contribution in [3.05, 3.63) is 35.0 Å². The standard InChI is InChI=1S/C14H18ClN3/c1-14(2,3)8-13-12(18-16)6-9-4-5-10(15)7-11(9)17-13/h4-7,18H,8,16H2,1-3H3. The Labute approximate surface area is 112 Å². The summed E-state index contributed by atoms with van der Waals surface area (Å²) in [5.74, 6) is 5.57. The van der Waals surface area contributed by atoms with Gasteiger partial charge in [0.25, 0.3) is 0 Å². The lowest BCUT2D eigenvalue weighted by atomic mass is 9.89. The average molecular weight is 264 g/mol. The first-order chi connectivity index (χ1) is 8.39. The number of fused-ring (bicyclic) bond motifs is 1. The normalized spacial score (nSPS) is 11.8. The van der Waals surface area contributed by atoms with Gasteiger partial charge in [-0.1, -0.05) is 38.4 Å². The van der Waals surface area contributed by atoms with Crippen LogP contribution in [0.15, 0.2) is 24.3 Å². The number of nitrogens with two attached hydrogens (primary N) is 1. The minimum absolute atomic E-state index is 0.158. The molecule has 0 radical (unpaired) electrons. The van der Waals surface area contributed by atoms with Gasteiger partial charge >= 0.3 is 0 Å². The summed E-state index contributed by atoms with van der Waals surface area (Å²) in [7, 11) is 0. The zero-order chi connectivity index (χ0) is 13.3. The van der Waals surface area contributed by atoms with Crippen LogP contribution in [0.2, 0.25) is 5.02 Å². The quantitative estimate of drug-likeness (QED) is 0.641. The number of halogens is 1. The van der Waals surface area contributed by atoms with Gasteiger partial charge in [0, 0.05) is 10.4 Å². The summed E-state index contributed by atoms with van der Waals surface area (Å²) < 4.78 is 0. The number of hydrazine groups is 1. The number of hydrogen-bond donors (Lipinski definition) is 2. The maximum absolute atomic E-state index is 6.00. The maximum atomic E-state index is 6.00. The molecule has 3 nitrogen and oxygen atoms in total. The lowest BCUT2D eigenvalue weighted by Gasteiger charge is -2.20. The van der Waals surface area contributed by atoms with Crippen LogP contribution in [-0.2, 0) is 6.42 Å². The number of hydrogen-bond acceptors (Lipinski definition) is 3. The third kappa shape index (κ3) is 2.92. The molecule has 96 valence electrons. The van der Waals surface area contributed by atoms with E-state index >= 15 is 0 Å². The van der Waals surface area contributed by atoms with E-state index in [4.69, 9.17) is 17.4 Å². The van der Waals surface area contributed by atoms with Gasteiger partial charge in [0.1, 0.15) is 0 Å². The van der Waals surface area contributed by atoms with Crippen molar-refractivity contribution in [1.29, 1.82) is 0 Å². The fourth-order valence-corrected chi connectivity index (χ4v) is 2.11. The van der Waals surface area contributed by atoms with E-state index < -0.39 is 0 Å². The summed E-state index contributed by atoms with van der Waals surface area (Å²) in [6.45, 7) is 6.53. The molecule has 18 heavy (non-hydrogen) atoms. The van der Waals surface area contributed by atoms with Gasteiger partial charge in [-0.25, -0.2) is 0 Å². The van der Waals surface area contributed by atoms with Gasteiger partial charge in [-0.3, -0.25) is 10.8 Å². The molecule has 0 saturated carbocycles. The Morgan fingerprint density at radius 2 is 2.00 bits per heavy atom. The predicted molar refractivity (Wildman–Crippen MR) is 77.7 cm³/mol. The SMILES string of the molecule is CC(C)(C)Cc1nc2cc(Cl)ccc2cc1NN. The molecule has 1 aromatic carbocycles. The van der Waals surface area contributed by atoms with Crippen LogP contribution in [0.3, 0.4) is 0 Å². The number of nitrogens with zero attached hydrogens (tertiary/aromatic N) is 1. The third-order valence-corrected chi connectivity index (χ3v) is 2.95. The average Bonchev–Trinajstić information content (AvgIpc) is 2.25. The predicted octanol–water partition coefficient (Wildman–Crippen LogP) is 3.76. The van der Waals surface area contributed by atoms with Crippen molar-refractivity contribution in [3.8, 4) is 0 Å². The van der Waals surface area contributed by atoms with E-state index in [-0.39, 0.29) is 5.41 Å². The molecule has 0 spiro atoms. The minimum atomic E-state index is 0.158. The highest BCUT2D eigenvalue weighted by Gasteiger charge is 2.16. The zero-order valence-corrected chi connectivity index (χ0v) is 11.7. The molecule has 4 heteroatoms. The molecular weight excluding hydrogens is 246 g/mol. The monoisotopic (exact) mass is 263 g/mol. The number of pyridine rings is 1. The highest BCUT2D eigenvalue weighted by atomic mass is 35.5. The van der Waals surface area contributed by atoms with Crippen LogP contribution >= 0.6 is 11.6 Å². The highest BCUT2D eigenvalue weighted by Crippen LogP contribution is 2.28. The molecule has 2 aromatic rings. The molecule has 0 unspecified atom stereocenters. The molecule has 0 aliphatic carbocycles. The van der Waals surface area contributed by atoms with Crippen molar-refractivity contribution in [2.45, 2.75) is 27.2 Å². The van der Waals surface area contributed by atoms with Crippen LogP contribution < -0.4 is 11.3 Å². The van der Waals surface area contributed by atoms with E-state index in [1.54, 1.807) is 0 Å². The molecule has 0 bridgehead atoms. The second-order valence-electron chi connectivity index (χ2n) is 5.70. The molecule has 0 amide bonds. The molecule has 0 atom stereocenters. The van der Waals surface area contributed by atoms with Gasteiger partial charge < -0.3 is 5.43 Å². The number of anilines is 1. The van der Waals surface area contributed by atoms with E-state index in [0.717, 1.165) is 28.7 Å². The minimum Gasteiger partial charge on any atom is -0.322 e. The summed E-state index contributed by atoms with van der Waals surface area (Å²) in [6.07, 6.45) is 0.856. The van der Waals surface area contributed by atoms with Crippen molar-refractivity contribution in [1.82, 2.24) is 4.98 Å². The Kier molecular flexibility index (Phi) is 3.46. The van der Waals surface area contributed by atoms with Crippen molar-refractivity contribution in [3.63, 3.8) is 0 Å². The molecule has 0 saturated heterocycles. The summed E-state index contributed by atoms with van der Waals surface area (Å²) in [4.78, 5) is 4.67. The first-order valence-electron chi connectivity index (χ1n) is 5.95. The lowest BCUT2D eigenvalue weighted by Crippen LogP contribution is -2.16. The molecule has 1 aromatic heterocycles. The van der Waals surface area contributed by atoms with Gasteiger partial charge in [0.15, 0.2) is 0 Å². The highest BCUT2D eigenvalue weighted by molar-refractivity contribution is 6.31. The smallest absolute Gasteiger partial charge is 0.0721 e. The van der Waals surface area contributed by atoms with Crippen LogP contribution in [0.4, 0.5) is 5.69 Å². The van der Waals surface area contributed by atoms with E-state index in [1.807, 2.05) is 24.3 Å². The van der Waals surface area contributed by atoms with E-state index in [2.05, 4.69) is 31.2 Å². The molecule has 0 aliphatic heterocycles.